The smallest absolute Gasteiger partial charge is 0.355 e. The van der Waals surface area contributed by atoms with Crippen LogP contribution in [0.5, 0.6) is 0 Å². The van der Waals surface area contributed by atoms with Gasteiger partial charge in [0.2, 0.25) is 0 Å². The fourth-order valence-electron chi connectivity index (χ4n) is 5.03. The summed E-state index contributed by atoms with van der Waals surface area (Å²) in [5.74, 6) is -1.88. The van der Waals surface area contributed by atoms with Gasteiger partial charge in [-0.1, -0.05) is 60.7 Å². The molecule has 0 saturated carbocycles. The minimum atomic E-state index is -0.545. The molecule has 2 N–H and O–H groups in total. The maximum Gasteiger partial charge on any atom is 0.355 e. The van der Waals surface area contributed by atoms with Crippen LogP contribution in [0.3, 0.4) is 0 Å². The zero-order valence-electron chi connectivity index (χ0n) is 26.4. The molecule has 0 aliphatic heterocycles. The molecule has 0 spiro atoms. The molecule has 0 unspecified atom stereocenters. The quantitative estimate of drug-likeness (QED) is 0.127. The molecule has 0 amide bonds. The van der Waals surface area contributed by atoms with E-state index in [-0.39, 0.29) is 50.3 Å². The molecule has 240 valence electrons. The summed E-state index contributed by atoms with van der Waals surface area (Å²) in [5, 5.41) is 0. The zero-order valence-corrected chi connectivity index (χ0v) is 26.4. The number of hydrogen-bond donors (Lipinski definition) is 2. The number of carbonyl (C=O) groups excluding carboxylic acids is 4. The van der Waals surface area contributed by atoms with Crippen molar-refractivity contribution in [3.05, 3.63) is 117 Å². The Bertz CT molecular complexity index is 1570. The number of rotatable bonds is 14. The van der Waals surface area contributed by atoms with Gasteiger partial charge in [-0.3, -0.25) is 9.59 Å². The Kier molecular flexibility index (Phi) is 11.7. The van der Waals surface area contributed by atoms with Crippen molar-refractivity contribution in [3.8, 4) is 0 Å². The number of methoxy groups -OCH3 is 2. The second-order valence-electron chi connectivity index (χ2n) is 10.6. The molecule has 2 aromatic heterocycles. The molecule has 0 bridgehead atoms. The number of nitrogens with one attached hydrogen (secondary N) is 2. The monoisotopic (exact) mass is 626 g/mol. The van der Waals surface area contributed by atoms with Gasteiger partial charge in [0.05, 0.1) is 14.2 Å². The molecule has 0 saturated heterocycles. The van der Waals surface area contributed by atoms with Crippen LogP contribution in [-0.2, 0) is 54.6 Å². The van der Waals surface area contributed by atoms with Gasteiger partial charge in [-0.15, -0.1) is 0 Å². The lowest BCUT2D eigenvalue weighted by Crippen LogP contribution is -2.10. The lowest BCUT2D eigenvalue weighted by atomic mass is 10.0. The maximum atomic E-state index is 13.2. The van der Waals surface area contributed by atoms with Crippen LogP contribution < -0.4 is 0 Å². The molecule has 4 rings (SSSR count). The Labute approximate surface area is 267 Å². The highest BCUT2D eigenvalue weighted by atomic mass is 16.5. The van der Waals surface area contributed by atoms with Gasteiger partial charge in [0, 0.05) is 24.2 Å². The highest BCUT2D eigenvalue weighted by Crippen LogP contribution is 2.26. The predicted molar refractivity (Wildman–Crippen MR) is 172 cm³/mol. The van der Waals surface area contributed by atoms with Crippen LogP contribution in [0.4, 0.5) is 0 Å². The van der Waals surface area contributed by atoms with Crippen molar-refractivity contribution in [1.82, 2.24) is 9.97 Å². The van der Waals surface area contributed by atoms with E-state index < -0.39 is 23.9 Å². The van der Waals surface area contributed by atoms with Crippen LogP contribution in [0, 0.1) is 13.8 Å². The average molecular weight is 627 g/mol. The Morgan fingerprint density at radius 1 is 0.609 bits per heavy atom. The van der Waals surface area contributed by atoms with Gasteiger partial charge in [-0.25, -0.2) is 9.59 Å². The summed E-state index contributed by atoms with van der Waals surface area (Å²) >= 11 is 0. The van der Waals surface area contributed by atoms with Crippen molar-refractivity contribution in [2.75, 3.05) is 14.2 Å². The third-order valence-corrected chi connectivity index (χ3v) is 7.70. The molecule has 0 radical (unpaired) electrons. The van der Waals surface area contributed by atoms with E-state index in [0.717, 1.165) is 22.3 Å². The van der Waals surface area contributed by atoms with Gasteiger partial charge in [0.15, 0.2) is 0 Å². The molecule has 2 heterocycles. The summed E-state index contributed by atoms with van der Waals surface area (Å²) in [5.41, 5.74) is 6.29. The summed E-state index contributed by atoms with van der Waals surface area (Å²) in [4.78, 5) is 56.6. The van der Waals surface area contributed by atoms with Crippen molar-refractivity contribution >= 4 is 36.0 Å². The first kappa shape index (κ1) is 33.5. The third kappa shape index (κ3) is 8.62. The summed E-state index contributed by atoms with van der Waals surface area (Å²) < 4.78 is 20.8. The van der Waals surface area contributed by atoms with E-state index in [2.05, 4.69) is 9.97 Å². The summed E-state index contributed by atoms with van der Waals surface area (Å²) in [6, 6.07) is 18.7. The van der Waals surface area contributed by atoms with E-state index in [4.69, 9.17) is 18.9 Å². The summed E-state index contributed by atoms with van der Waals surface area (Å²) in [7, 11) is 2.64. The van der Waals surface area contributed by atoms with Gasteiger partial charge in [0.1, 0.15) is 24.6 Å². The number of aromatic nitrogens is 2. The van der Waals surface area contributed by atoms with Gasteiger partial charge < -0.3 is 28.9 Å². The molecule has 10 heteroatoms. The fraction of sp³-hybridized carbons (Fsp3) is 0.278. The van der Waals surface area contributed by atoms with Crippen LogP contribution in [0.25, 0.3) is 12.2 Å². The van der Waals surface area contributed by atoms with E-state index in [9.17, 15) is 19.2 Å². The number of benzene rings is 2. The SMILES string of the molecule is COC(=O)CCc1c(C(=O)OCc2ccccc2)[nH]c(/C=C/c2[nH]c(C(=O)OCc3ccccc3)c(CCC(=O)OC)c2C)c1C. The highest BCUT2D eigenvalue weighted by Gasteiger charge is 2.23. The minimum absolute atomic E-state index is 0.0884. The zero-order chi connectivity index (χ0) is 33.1. The van der Waals surface area contributed by atoms with Crippen molar-refractivity contribution < 1.29 is 38.1 Å². The Hall–Kier alpha value is -5.38. The molecule has 2 aromatic carbocycles. The number of aromatic amines is 2. The molecular formula is C36H38N2O8. The van der Waals surface area contributed by atoms with E-state index >= 15 is 0 Å². The van der Waals surface area contributed by atoms with Crippen molar-refractivity contribution in [3.63, 3.8) is 0 Å². The number of esters is 4. The van der Waals surface area contributed by atoms with Crippen LogP contribution in [0.1, 0.15) is 78.6 Å². The fourth-order valence-corrected chi connectivity index (χ4v) is 5.03. The standard InChI is InChI=1S/C36H38N2O8/c1-23-27(15-19-31(39)43-3)33(35(41)45-21-25-11-7-5-8-12-25)37-29(23)17-18-30-24(2)28(16-20-32(40)44-4)34(38-30)36(42)46-22-26-13-9-6-10-14-26/h5-14,17-18,37-38H,15-16,19-22H2,1-4H3/b18-17+. The second-order valence-corrected chi connectivity index (χ2v) is 10.6. The van der Waals surface area contributed by atoms with Gasteiger partial charge >= 0.3 is 23.9 Å². The Morgan fingerprint density at radius 2 is 0.978 bits per heavy atom. The Balaban J connectivity index is 1.62. The van der Waals surface area contributed by atoms with Crippen LogP contribution in [0.15, 0.2) is 60.7 Å². The summed E-state index contributed by atoms with van der Waals surface area (Å²) in [6.45, 7) is 3.90. The first-order valence-electron chi connectivity index (χ1n) is 14.9. The number of hydrogen-bond acceptors (Lipinski definition) is 8. The molecule has 0 fully saturated rings. The van der Waals surface area contributed by atoms with E-state index in [0.29, 0.717) is 22.5 Å². The lowest BCUT2D eigenvalue weighted by molar-refractivity contribution is -0.141. The average Bonchev–Trinajstić information content (AvgIpc) is 3.58. The molecule has 0 aliphatic carbocycles. The van der Waals surface area contributed by atoms with E-state index in [1.54, 1.807) is 12.2 Å². The van der Waals surface area contributed by atoms with E-state index in [1.807, 2.05) is 74.5 Å². The topological polar surface area (TPSA) is 137 Å². The predicted octanol–water partition coefficient (Wildman–Crippen LogP) is 6.06. The Morgan fingerprint density at radius 3 is 1.33 bits per heavy atom. The van der Waals surface area contributed by atoms with Crippen LogP contribution in [0.2, 0.25) is 0 Å². The lowest BCUT2D eigenvalue weighted by Gasteiger charge is -2.07. The van der Waals surface area contributed by atoms with Crippen molar-refractivity contribution in [2.45, 2.75) is 52.7 Å². The van der Waals surface area contributed by atoms with Gasteiger partial charge in [0.25, 0.3) is 0 Å². The third-order valence-electron chi connectivity index (χ3n) is 7.70. The number of carbonyl (C=O) groups is 4. The molecule has 10 nitrogen and oxygen atoms in total. The molecule has 0 atom stereocenters. The molecule has 4 aromatic rings. The van der Waals surface area contributed by atoms with Gasteiger partial charge in [-0.05, 0) is 72.2 Å². The van der Waals surface area contributed by atoms with Crippen molar-refractivity contribution in [2.24, 2.45) is 0 Å². The van der Waals surface area contributed by atoms with Crippen LogP contribution in [-0.4, -0.2) is 48.1 Å². The van der Waals surface area contributed by atoms with E-state index in [1.165, 1.54) is 14.2 Å². The molecule has 46 heavy (non-hydrogen) atoms. The van der Waals surface area contributed by atoms with Crippen LogP contribution >= 0.6 is 0 Å². The first-order valence-corrected chi connectivity index (χ1v) is 14.9. The summed E-state index contributed by atoms with van der Waals surface area (Å²) in [6.07, 6.45) is 4.29. The maximum absolute atomic E-state index is 13.2. The normalized spacial score (nSPS) is 11.0. The molecular weight excluding hydrogens is 588 g/mol. The minimum Gasteiger partial charge on any atom is -0.469 e. The number of ether oxygens (including phenoxy) is 4. The van der Waals surface area contributed by atoms with Gasteiger partial charge in [-0.2, -0.15) is 0 Å². The molecule has 0 aliphatic rings. The largest absolute Gasteiger partial charge is 0.469 e. The number of H-pyrrole nitrogens is 2. The second kappa shape index (κ2) is 16.1. The highest BCUT2D eigenvalue weighted by molar-refractivity contribution is 5.92. The first-order chi connectivity index (χ1) is 22.2. The van der Waals surface area contributed by atoms with Crippen molar-refractivity contribution in [1.29, 1.82) is 0 Å².